The fourth-order valence-corrected chi connectivity index (χ4v) is 3.46. The molecule has 0 bridgehead atoms. The Hall–Kier alpha value is -4.08. The smallest absolute Gasteiger partial charge is 0.270 e. The number of nitrogens with zero attached hydrogens (tertiary/aromatic N) is 4. The van der Waals surface area contributed by atoms with Crippen molar-refractivity contribution in [1.29, 1.82) is 0 Å². The number of nitro benzene ring substituents is 1. The van der Waals surface area contributed by atoms with Gasteiger partial charge in [0.1, 0.15) is 6.54 Å². The fraction of sp³-hybridized carbons (Fsp3) is 0.200. The highest BCUT2D eigenvalue weighted by atomic mass is 16.6. The van der Waals surface area contributed by atoms with Gasteiger partial charge in [0.15, 0.2) is 0 Å². The zero-order valence-corrected chi connectivity index (χ0v) is 16.0. The molecule has 3 aromatic rings. The van der Waals surface area contributed by atoms with Crippen LogP contribution in [-0.4, -0.2) is 43.6 Å². The van der Waals surface area contributed by atoms with Crippen LogP contribution in [0.15, 0.2) is 42.5 Å². The van der Waals surface area contributed by atoms with Crippen LogP contribution in [0.3, 0.4) is 0 Å². The van der Waals surface area contributed by atoms with Gasteiger partial charge < -0.3 is 4.57 Å². The van der Waals surface area contributed by atoms with Crippen molar-refractivity contribution in [2.75, 3.05) is 11.9 Å². The lowest BCUT2D eigenvalue weighted by Gasteiger charge is -2.14. The number of hydrogen-bond donors (Lipinski definition) is 1. The summed E-state index contributed by atoms with van der Waals surface area (Å²) >= 11 is 0. The zero-order chi connectivity index (χ0) is 21.4. The molecule has 0 saturated carbocycles. The number of carbonyl (C=O) groups is 3. The Kier molecular flexibility index (Phi) is 4.74. The van der Waals surface area contributed by atoms with Gasteiger partial charge >= 0.3 is 0 Å². The number of benzene rings is 2. The molecule has 0 unspecified atom stereocenters. The summed E-state index contributed by atoms with van der Waals surface area (Å²) in [4.78, 5) is 53.2. The number of imidazole rings is 1. The summed E-state index contributed by atoms with van der Waals surface area (Å²) in [7, 11) is 0. The van der Waals surface area contributed by atoms with E-state index in [1.807, 2.05) is 35.8 Å². The summed E-state index contributed by atoms with van der Waals surface area (Å²) in [6.45, 7) is 2.11. The van der Waals surface area contributed by atoms with E-state index in [4.69, 9.17) is 0 Å². The van der Waals surface area contributed by atoms with E-state index >= 15 is 0 Å². The van der Waals surface area contributed by atoms with Crippen LogP contribution in [0.5, 0.6) is 0 Å². The van der Waals surface area contributed by atoms with Gasteiger partial charge in [-0.1, -0.05) is 19.1 Å². The van der Waals surface area contributed by atoms with Crippen LogP contribution in [0.4, 0.5) is 11.6 Å². The number of imide groups is 1. The number of aryl methyl sites for hydroxylation is 1. The van der Waals surface area contributed by atoms with Gasteiger partial charge in [0.2, 0.25) is 11.9 Å². The second kappa shape index (κ2) is 7.39. The summed E-state index contributed by atoms with van der Waals surface area (Å²) in [6, 6.07) is 10.9. The van der Waals surface area contributed by atoms with Crippen molar-refractivity contribution < 1.29 is 19.3 Å². The predicted octanol–water partition coefficient (Wildman–Crippen LogP) is 2.59. The van der Waals surface area contributed by atoms with Crippen molar-refractivity contribution in [1.82, 2.24) is 14.5 Å². The maximum absolute atomic E-state index is 12.6. The van der Waals surface area contributed by atoms with Crippen molar-refractivity contribution in [2.45, 2.75) is 19.9 Å². The van der Waals surface area contributed by atoms with Crippen LogP contribution in [0.1, 0.15) is 34.1 Å². The van der Waals surface area contributed by atoms with Gasteiger partial charge in [-0.15, -0.1) is 0 Å². The zero-order valence-electron chi connectivity index (χ0n) is 16.0. The average Bonchev–Trinajstić information content (AvgIpc) is 3.18. The molecule has 2 heterocycles. The molecule has 10 heteroatoms. The first kappa shape index (κ1) is 19.2. The number of fused-ring (bicyclic) bond motifs is 2. The number of para-hydroxylation sites is 2. The molecule has 1 N–H and O–H groups in total. The van der Waals surface area contributed by atoms with Gasteiger partial charge in [0.25, 0.3) is 17.5 Å². The highest BCUT2D eigenvalue weighted by Crippen LogP contribution is 2.27. The number of aromatic nitrogens is 2. The molecule has 1 aromatic heterocycles. The van der Waals surface area contributed by atoms with E-state index < -0.39 is 29.2 Å². The summed E-state index contributed by atoms with van der Waals surface area (Å²) in [6.07, 6.45) is 0.820. The number of anilines is 1. The van der Waals surface area contributed by atoms with Crippen LogP contribution >= 0.6 is 0 Å². The minimum atomic E-state index is -0.740. The molecule has 0 spiro atoms. The van der Waals surface area contributed by atoms with Gasteiger partial charge in [0, 0.05) is 18.7 Å². The van der Waals surface area contributed by atoms with Gasteiger partial charge in [-0.2, -0.15) is 0 Å². The molecule has 0 radical (unpaired) electrons. The summed E-state index contributed by atoms with van der Waals surface area (Å²) in [5.74, 6) is -1.67. The molecule has 1 aliphatic heterocycles. The van der Waals surface area contributed by atoms with E-state index in [1.54, 1.807) is 0 Å². The second-order valence-corrected chi connectivity index (χ2v) is 6.81. The third-order valence-corrected chi connectivity index (χ3v) is 4.82. The van der Waals surface area contributed by atoms with E-state index in [2.05, 4.69) is 10.3 Å². The summed E-state index contributed by atoms with van der Waals surface area (Å²) in [5, 5.41) is 13.6. The predicted molar refractivity (Wildman–Crippen MR) is 107 cm³/mol. The monoisotopic (exact) mass is 407 g/mol. The Balaban J connectivity index is 1.56. The van der Waals surface area contributed by atoms with Crippen LogP contribution < -0.4 is 5.32 Å². The van der Waals surface area contributed by atoms with E-state index in [-0.39, 0.29) is 16.8 Å². The standard InChI is InChI=1S/C20H17N5O5/c1-2-9-23-16-6-4-3-5-15(16)21-20(23)22-17(26)11-24-18(27)13-8-7-12(25(29)30)10-14(13)19(24)28/h3-8,10H,2,9,11H2,1H3,(H,21,22,26). The Labute approximate surface area is 170 Å². The van der Waals surface area contributed by atoms with Crippen LogP contribution in [-0.2, 0) is 11.3 Å². The Bertz CT molecular complexity index is 1220. The maximum atomic E-state index is 12.6. The Morgan fingerprint density at radius 1 is 1.13 bits per heavy atom. The normalized spacial score (nSPS) is 13.0. The number of carbonyl (C=O) groups excluding carboxylic acids is 3. The quantitative estimate of drug-likeness (QED) is 0.380. The molecule has 0 aliphatic carbocycles. The Morgan fingerprint density at radius 3 is 2.60 bits per heavy atom. The minimum Gasteiger partial charge on any atom is -0.310 e. The molecule has 0 saturated heterocycles. The number of rotatable bonds is 6. The SMILES string of the molecule is CCCn1c(NC(=O)CN2C(=O)c3ccc([N+](=O)[O-])cc3C2=O)nc2ccccc21. The third kappa shape index (κ3) is 3.17. The van der Waals surface area contributed by atoms with E-state index in [9.17, 15) is 24.5 Å². The average molecular weight is 407 g/mol. The fourth-order valence-electron chi connectivity index (χ4n) is 3.46. The van der Waals surface area contributed by atoms with Crippen molar-refractivity contribution in [2.24, 2.45) is 0 Å². The molecule has 4 rings (SSSR count). The highest BCUT2D eigenvalue weighted by Gasteiger charge is 2.38. The van der Waals surface area contributed by atoms with Crippen molar-refractivity contribution in [3.63, 3.8) is 0 Å². The van der Waals surface area contributed by atoms with E-state index in [0.29, 0.717) is 18.0 Å². The third-order valence-electron chi connectivity index (χ3n) is 4.82. The van der Waals surface area contributed by atoms with Gasteiger partial charge in [-0.25, -0.2) is 4.98 Å². The molecule has 0 atom stereocenters. The molecule has 2 aromatic carbocycles. The number of hydrogen-bond acceptors (Lipinski definition) is 6. The van der Waals surface area contributed by atoms with Crippen molar-refractivity contribution in [3.05, 3.63) is 63.7 Å². The topological polar surface area (TPSA) is 127 Å². The van der Waals surface area contributed by atoms with Crippen LogP contribution in [0.2, 0.25) is 0 Å². The molecule has 30 heavy (non-hydrogen) atoms. The Morgan fingerprint density at radius 2 is 1.87 bits per heavy atom. The minimum absolute atomic E-state index is 0.0385. The molecular formula is C20H17N5O5. The molecule has 1 aliphatic rings. The second-order valence-electron chi connectivity index (χ2n) is 6.81. The van der Waals surface area contributed by atoms with Crippen LogP contribution in [0, 0.1) is 10.1 Å². The number of non-ortho nitro benzene ring substituents is 1. The van der Waals surface area contributed by atoms with E-state index in [1.165, 1.54) is 6.07 Å². The molecule has 0 fully saturated rings. The van der Waals surface area contributed by atoms with Crippen molar-refractivity contribution in [3.8, 4) is 0 Å². The number of nitrogens with one attached hydrogen (secondary N) is 1. The number of amides is 3. The highest BCUT2D eigenvalue weighted by molar-refractivity contribution is 6.23. The van der Waals surface area contributed by atoms with Crippen LogP contribution in [0.25, 0.3) is 11.0 Å². The number of nitro groups is 1. The summed E-state index contributed by atoms with van der Waals surface area (Å²) in [5.41, 5.74) is 1.24. The maximum Gasteiger partial charge on any atom is 0.270 e. The molecular weight excluding hydrogens is 390 g/mol. The molecule has 152 valence electrons. The van der Waals surface area contributed by atoms with Gasteiger partial charge in [0.05, 0.1) is 27.1 Å². The first-order valence-electron chi connectivity index (χ1n) is 9.30. The lowest BCUT2D eigenvalue weighted by molar-refractivity contribution is -0.384. The van der Waals surface area contributed by atoms with Crippen molar-refractivity contribution >= 4 is 40.4 Å². The van der Waals surface area contributed by atoms with Gasteiger partial charge in [-0.05, 0) is 24.6 Å². The lowest BCUT2D eigenvalue weighted by Crippen LogP contribution is -2.37. The van der Waals surface area contributed by atoms with E-state index in [0.717, 1.165) is 29.0 Å². The first-order chi connectivity index (χ1) is 14.4. The molecule has 10 nitrogen and oxygen atoms in total. The first-order valence-corrected chi connectivity index (χ1v) is 9.30. The van der Waals surface area contributed by atoms with Gasteiger partial charge in [-0.3, -0.25) is 34.7 Å². The lowest BCUT2D eigenvalue weighted by atomic mass is 10.1. The molecule has 3 amide bonds. The largest absolute Gasteiger partial charge is 0.310 e. The summed E-state index contributed by atoms with van der Waals surface area (Å²) < 4.78 is 1.86.